The molecule has 2 heteroatoms. The Morgan fingerprint density at radius 3 is 1.87 bits per heavy atom. The fraction of sp³-hybridized carbons (Fsp3) is 0. The summed E-state index contributed by atoms with van der Waals surface area (Å²) < 4.78 is 0. The molecule has 0 aliphatic rings. The molecule has 0 saturated heterocycles. The van der Waals surface area contributed by atoms with E-state index in [4.69, 9.17) is 0 Å². The molecular weight excluding hydrogens is 234 g/mol. The minimum absolute atomic E-state index is 0. The van der Waals surface area contributed by atoms with Gasteiger partial charge in [0.25, 0.3) is 0 Å². The summed E-state index contributed by atoms with van der Waals surface area (Å²) >= 11 is 0. The van der Waals surface area contributed by atoms with E-state index in [9.17, 15) is 0 Å². The molecule has 0 aliphatic carbocycles. The smallest absolute Gasteiger partial charge is 0.256 e. The van der Waals surface area contributed by atoms with Crippen LogP contribution in [0.4, 0.5) is 5.69 Å². The van der Waals surface area contributed by atoms with Crippen LogP contribution in [0.5, 0.6) is 0 Å². The van der Waals surface area contributed by atoms with Crippen molar-refractivity contribution in [1.29, 1.82) is 0 Å². The molecule has 0 amide bonds. The van der Waals surface area contributed by atoms with Crippen LogP contribution in [0.1, 0.15) is 5.56 Å². The molecule has 0 spiro atoms. The second-order valence-electron chi connectivity index (χ2n) is 3.00. The van der Waals surface area contributed by atoms with E-state index in [1.165, 1.54) is 0 Å². The van der Waals surface area contributed by atoms with Crippen LogP contribution in [-0.2, 0) is 17.1 Å². The molecule has 2 aromatic rings. The Hall–Kier alpha value is -1.37. The van der Waals surface area contributed by atoms with Crippen LogP contribution in [0.25, 0.3) is 0 Å². The van der Waals surface area contributed by atoms with E-state index in [1.54, 1.807) is 0 Å². The van der Waals surface area contributed by atoms with Gasteiger partial charge in [0, 0.05) is 6.21 Å². The summed E-state index contributed by atoms with van der Waals surface area (Å²) in [4.78, 5) is 4.35. The number of hydrogen-bond acceptors (Lipinski definition) is 1. The van der Waals surface area contributed by atoms with E-state index < -0.39 is 0 Å². The van der Waals surface area contributed by atoms with Gasteiger partial charge in [-0.1, -0.05) is 48.5 Å². The van der Waals surface area contributed by atoms with Crippen molar-refractivity contribution < 1.29 is 17.1 Å². The molecule has 0 unspecified atom stereocenters. The average Bonchev–Trinajstić information content (AvgIpc) is 2.29. The predicted molar refractivity (Wildman–Crippen MR) is 60.1 cm³/mol. The molecule has 0 bridgehead atoms. The number of rotatable bonds is 2. The topological polar surface area (TPSA) is 12.4 Å². The quantitative estimate of drug-likeness (QED) is 0.567. The second-order valence-corrected chi connectivity index (χ2v) is 3.00. The molecule has 15 heavy (non-hydrogen) atoms. The molecule has 0 aliphatic heterocycles. The Balaban J connectivity index is 0.00000112. The maximum atomic E-state index is 4.35. The minimum Gasteiger partial charge on any atom is -0.256 e. The first-order valence-corrected chi connectivity index (χ1v) is 4.59. The van der Waals surface area contributed by atoms with Crippen molar-refractivity contribution in [2.24, 2.45) is 4.99 Å². The Kier molecular flexibility index (Phi) is 4.82. The van der Waals surface area contributed by atoms with Crippen molar-refractivity contribution in [2.75, 3.05) is 0 Å². The zero-order valence-electron chi connectivity index (χ0n) is 8.10. The molecule has 0 fully saturated rings. The molecule has 2 rings (SSSR count). The van der Waals surface area contributed by atoms with E-state index >= 15 is 0 Å². The van der Waals surface area contributed by atoms with Crippen molar-refractivity contribution in [3.63, 3.8) is 0 Å². The maximum Gasteiger partial charge on any atom is 1.00 e. The first-order valence-electron chi connectivity index (χ1n) is 4.59. The van der Waals surface area contributed by atoms with Gasteiger partial charge in [-0.05, 0) is 17.7 Å². The standard InChI is InChI=1S/C13H11N.Cu/c1-3-7-12(8-4-1)11-14-13-9-5-2-6-10-13;/h1-11H;/q;+1. The normalized spacial score (nSPS) is 9.87. The number of benzene rings is 2. The molecule has 0 N–H and O–H groups in total. The fourth-order valence-electron chi connectivity index (χ4n) is 1.20. The van der Waals surface area contributed by atoms with Crippen LogP contribution in [0.15, 0.2) is 65.7 Å². The fourth-order valence-corrected chi connectivity index (χ4v) is 1.20. The van der Waals surface area contributed by atoms with Crippen LogP contribution in [0.3, 0.4) is 0 Å². The largest absolute Gasteiger partial charge is 1.00 e. The molecule has 0 aromatic heterocycles. The van der Waals surface area contributed by atoms with Gasteiger partial charge in [-0.15, -0.1) is 0 Å². The first-order chi connectivity index (χ1) is 6.95. The van der Waals surface area contributed by atoms with Crippen LogP contribution < -0.4 is 0 Å². The van der Waals surface area contributed by atoms with Crippen molar-refractivity contribution in [3.8, 4) is 0 Å². The Morgan fingerprint density at radius 2 is 1.27 bits per heavy atom. The van der Waals surface area contributed by atoms with Gasteiger partial charge in [-0.2, -0.15) is 0 Å². The van der Waals surface area contributed by atoms with Gasteiger partial charge in [0.15, 0.2) is 0 Å². The van der Waals surface area contributed by atoms with Gasteiger partial charge < -0.3 is 0 Å². The Labute approximate surface area is 100 Å². The summed E-state index contributed by atoms with van der Waals surface area (Å²) in [7, 11) is 0. The molecule has 0 radical (unpaired) electrons. The van der Waals surface area contributed by atoms with Crippen LogP contribution in [-0.4, -0.2) is 6.21 Å². The third-order valence-corrected chi connectivity index (χ3v) is 1.92. The summed E-state index contributed by atoms with van der Waals surface area (Å²) in [5.41, 5.74) is 2.10. The molecule has 0 saturated carbocycles. The molecule has 78 valence electrons. The Morgan fingerprint density at radius 1 is 0.733 bits per heavy atom. The summed E-state index contributed by atoms with van der Waals surface area (Å²) in [6, 6.07) is 20.0. The van der Waals surface area contributed by atoms with E-state index in [0.717, 1.165) is 11.3 Å². The SMILES string of the molecule is C(=Nc1ccccc1)c1ccccc1.[Cu+]. The monoisotopic (exact) mass is 244 g/mol. The van der Waals surface area contributed by atoms with Gasteiger partial charge in [-0.25, -0.2) is 0 Å². The van der Waals surface area contributed by atoms with Gasteiger partial charge in [-0.3, -0.25) is 4.99 Å². The maximum absolute atomic E-state index is 4.35. The molecule has 2 aromatic carbocycles. The molecule has 0 atom stereocenters. The zero-order valence-corrected chi connectivity index (χ0v) is 9.04. The van der Waals surface area contributed by atoms with E-state index in [0.29, 0.717) is 0 Å². The van der Waals surface area contributed by atoms with Gasteiger partial charge in [0.05, 0.1) is 5.69 Å². The summed E-state index contributed by atoms with van der Waals surface area (Å²) in [6.07, 6.45) is 1.87. The van der Waals surface area contributed by atoms with Crippen molar-refractivity contribution >= 4 is 11.9 Å². The number of hydrogen-bond donors (Lipinski definition) is 0. The van der Waals surface area contributed by atoms with Gasteiger partial charge >= 0.3 is 17.1 Å². The third kappa shape index (κ3) is 3.70. The van der Waals surface area contributed by atoms with Crippen molar-refractivity contribution in [3.05, 3.63) is 66.2 Å². The third-order valence-electron chi connectivity index (χ3n) is 1.92. The number of para-hydroxylation sites is 1. The van der Waals surface area contributed by atoms with E-state index in [-0.39, 0.29) is 17.1 Å². The minimum atomic E-state index is 0. The van der Waals surface area contributed by atoms with Gasteiger partial charge in [0.2, 0.25) is 0 Å². The molecular formula is C13H11CuN+. The average molecular weight is 245 g/mol. The van der Waals surface area contributed by atoms with Gasteiger partial charge in [0.1, 0.15) is 0 Å². The number of nitrogens with zero attached hydrogens (tertiary/aromatic N) is 1. The van der Waals surface area contributed by atoms with Crippen LogP contribution in [0, 0.1) is 0 Å². The summed E-state index contributed by atoms with van der Waals surface area (Å²) in [6.45, 7) is 0. The van der Waals surface area contributed by atoms with Crippen molar-refractivity contribution in [1.82, 2.24) is 0 Å². The molecule has 0 heterocycles. The first kappa shape index (κ1) is 11.7. The van der Waals surface area contributed by atoms with Crippen LogP contribution in [0.2, 0.25) is 0 Å². The van der Waals surface area contributed by atoms with Crippen LogP contribution >= 0.6 is 0 Å². The second kappa shape index (κ2) is 6.18. The van der Waals surface area contributed by atoms with E-state index in [1.807, 2.05) is 66.9 Å². The molecule has 1 nitrogen and oxygen atoms in total. The predicted octanol–water partition coefficient (Wildman–Crippen LogP) is 3.43. The summed E-state index contributed by atoms with van der Waals surface area (Å²) in [5.74, 6) is 0. The Bertz CT molecular complexity index is 368. The number of aliphatic imine (C=N–C) groups is 1. The van der Waals surface area contributed by atoms with E-state index in [2.05, 4.69) is 4.99 Å². The van der Waals surface area contributed by atoms with Crippen molar-refractivity contribution in [2.45, 2.75) is 0 Å². The summed E-state index contributed by atoms with van der Waals surface area (Å²) in [5, 5.41) is 0. The zero-order chi connectivity index (χ0) is 9.64.